The zero-order chi connectivity index (χ0) is 19.1. The summed E-state index contributed by atoms with van der Waals surface area (Å²) in [4.78, 5) is 24.2. The molecule has 5 N–H and O–H groups in total. The number of rotatable bonds is 7. The SMILES string of the molecule is CCCC1CC(C(=O)Nc2ccc(NC(=O)NCc3ccco3)cc2)NN1. The second kappa shape index (κ2) is 9.20. The largest absolute Gasteiger partial charge is 0.467 e. The van der Waals surface area contributed by atoms with Crippen LogP contribution in [0.4, 0.5) is 16.2 Å². The molecule has 1 aliphatic rings. The van der Waals surface area contributed by atoms with Crippen molar-refractivity contribution in [1.82, 2.24) is 16.2 Å². The van der Waals surface area contributed by atoms with Gasteiger partial charge in [-0.2, -0.15) is 0 Å². The first-order valence-corrected chi connectivity index (χ1v) is 9.13. The van der Waals surface area contributed by atoms with Gasteiger partial charge in [0.25, 0.3) is 0 Å². The summed E-state index contributed by atoms with van der Waals surface area (Å²) < 4.78 is 5.16. The van der Waals surface area contributed by atoms with Crippen LogP contribution in [0.5, 0.6) is 0 Å². The second-order valence-electron chi connectivity index (χ2n) is 6.52. The minimum absolute atomic E-state index is 0.0713. The van der Waals surface area contributed by atoms with E-state index in [4.69, 9.17) is 4.42 Å². The zero-order valence-corrected chi connectivity index (χ0v) is 15.2. The number of hydrazine groups is 1. The summed E-state index contributed by atoms with van der Waals surface area (Å²) in [5.41, 5.74) is 7.51. The standard InChI is InChI=1S/C19H25N5O3/c1-2-4-15-11-17(24-23-15)18(25)21-13-6-8-14(9-7-13)22-19(26)20-12-16-5-3-10-27-16/h3,5-10,15,17,23-24H,2,4,11-12H2,1H3,(H,21,25)(H2,20,22,26). The average molecular weight is 371 g/mol. The number of amides is 3. The lowest BCUT2D eigenvalue weighted by atomic mass is 10.1. The van der Waals surface area contributed by atoms with Gasteiger partial charge >= 0.3 is 6.03 Å². The highest BCUT2D eigenvalue weighted by Gasteiger charge is 2.28. The zero-order valence-electron chi connectivity index (χ0n) is 15.2. The maximum absolute atomic E-state index is 12.3. The molecule has 0 radical (unpaired) electrons. The lowest BCUT2D eigenvalue weighted by molar-refractivity contribution is -0.117. The third-order valence-corrected chi connectivity index (χ3v) is 4.35. The van der Waals surface area contributed by atoms with Crippen molar-refractivity contribution < 1.29 is 14.0 Å². The molecule has 0 saturated carbocycles. The van der Waals surface area contributed by atoms with Crippen molar-refractivity contribution in [2.45, 2.75) is 44.8 Å². The minimum Gasteiger partial charge on any atom is -0.467 e. The Morgan fingerprint density at radius 1 is 1.11 bits per heavy atom. The number of nitrogens with one attached hydrogen (secondary N) is 5. The third-order valence-electron chi connectivity index (χ3n) is 4.35. The molecule has 3 amide bonds. The molecule has 0 aliphatic carbocycles. The number of anilines is 2. The molecular formula is C19H25N5O3. The molecule has 2 atom stereocenters. The summed E-state index contributed by atoms with van der Waals surface area (Å²) in [5.74, 6) is 0.609. The highest BCUT2D eigenvalue weighted by Crippen LogP contribution is 2.16. The Labute approximate surface area is 158 Å². The summed E-state index contributed by atoms with van der Waals surface area (Å²) in [6.45, 7) is 2.44. The van der Waals surface area contributed by atoms with Gasteiger partial charge in [-0.05, 0) is 49.2 Å². The van der Waals surface area contributed by atoms with Gasteiger partial charge in [-0.25, -0.2) is 10.2 Å². The molecule has 1 saturated heterocycles. The van der Waals surface area contributed by atoms with E-state index >= 15 is 0 Å². The molecule has 144 valence electrons. The van der Waals surface area contributed by atoms with Crippen LogP contribution in [0.1, 0.15) is 31.9 Å². The molecule has 0 bridgehead atoms. The lowest BCUT2D eigenvalue weighted by Crippen LogP contribution is -2.40. The molecule has 1 aromatic carbocycles. The van der Waals surface area contributed by atoms with Crippen molar-refractivity contribution in [1.29, 1.82) is 0 Å². The van der Waals surface area contributed by atoms with Gasteiger partial charge in [0, 0.05) is 17.4 Å². The number of benzene rings is 1. The molecule has 2 aromatic rings. The summed E-state index contributed by atoms with van der Waals surface area (Å²) in [5, 5.41) is 8.32. The van der Waals surface area contributed by atoms with Gasteiger partial charge in [-0.15, -0.1) is 0 Å². The molecule has 3 rings (SSSR count). The van der Waals surface area contributed by atoms with Gasteiger partial charge in [0.2, 0.25) is 5.91 Å². The minimum atomic E-state index is -0.327. The molecule has 8 heteroatoms. The van der Waals surface area contributed by atoms with Crippen LogP contribution in [0.25, 0.3) is 0 Å². The molecule has 1 fully saturated rings. The topological polar surface area (TPSA) is 107 Å². The normalized spacial score (nSPS) is 18.9. The van der Waals surface area contributed by atoms with Crippen LogP contribution in [0, 0.1) is 0 Å². The van der Waals surface area contributed by atoms with Gasteiger partial charge in [0.1, 0.15) is 11.8 Å². The van der Waals surface area contributed by atoms with Crippen LogP contribution in [0.3, 0.4) is 0 Å². The van der Waals surface area contributed by atoms with Gasteiger partial charge < -0.3 is 20.4 Å². The fraction of sp³-hybridized carbons (Fsp3) is 0.368. The van der Waals surface area contributed by atoms with Crippen molar-refractivity contribution in [3.8, 4) is 0 Å². The molecule has 0 spiro atoms. The van der Waals surface area contributed by atoms with Crippen molar-refractivity contribution in [3.05, 3.63) is 48.4 Å². The van der Waals surface area contributed by atoms with Crippen molar-refractivity contribution >= 4 is 23.3 Å². The molecule has 1 aromatic heterocycles. The van der Waals surface area contributed by atoms with E-state index in [9.17, 15) is 9.59 Å². The number of hydrogen-bond acceptors (Lipinski definition) is 5. The van der Waals surface area contributed by atoms with Gasteiger partial charge in [0.05, 0.1) is 12.8 Å². The fourth-order valence-corrected chi connectivity index (χ4v) is 2.95. The van der Waals surface area contributed by atoms with Crippen molar-refractivity contribution in [3.63, 3.8) is 0 Å². The predicted octanol–water partition coefficient (Wildman–Crippen LogP) is 2.57. The lowest BCUT2D eigenvalue weighted by Gasteiger charge is -2.11. The number of carbonyl (C=O) groups is 2. The van der Waals surface area contributed by atoms with Crippen LogP contribution in [-0.4, -0.2) is 24.0 Å². The van der Waals surface area contributed by atoms with E-state index in [-0.39, 0.29) is 18.0 Å². The monoisotopic (exact) mass is 371 g/mol. The highest BCUT2D eigenvalue weighted by atomic mass is 16.3. The molecular weight excluding hydrogens is 346 g/mol. The number of hydrogen-bond donors (Lipinski definition) is 5. The Morgan fingerprint density at radius 3 is 2.52 bits per heavy atom. The van der Waals surface area contributed by atoms with Crippen LogP contribution in [-0.2, 0) is 11.3 Å². The summed E-state index contributed by atoms with van der Waals surface area (Å²) in [6.07, 6.45) is 4.45. The number of furan rings is 1. The van der Waals surface area contributed by atoms with Crippen molar-refractivity contribution in [2.24, 2.45) is 0 Å². The van der Waals surface area contributed by atoms with E-state index in [0.717, 1.165) is 19.3 Å². The van der Waals surface area contributed by atoms with Crippen LogP contribution >= 0.6 is 0 Å². The van der Waals surface area contributed by atoms with E-state index in [1.165, 1.54) is 0 Å². The van der Waals surface area contributed by atoms with Crippen molar-refractivity contribution in [2.75, 3.05) is 10.6 Å². The summed E-state index contributed by atoms with van der Waals surface area (Å²) in [7, 11) is 0. The van der Waals surface area contributed by atoms with Crippen LogP contribution in [0.2, 0.25) is 0 Å². The Morgan fingerprint density at radius 2 is 1.85 bits per heavy atom. The van der Waals surface area contributed by atoms with E-state index < -0.39 is 0 Å². The molecule has 2 heterocycles. The maximum Gasteiger partial charge on any atom is 0.319 e. The Kier molecular flexibility index (Phi) is 6.45. The maximum atomic E-state index is 12.3. The Bertz CT molecular complexity index is 745. The molecule has 27 heavy (non-hydrogen) atoms. The van der Waals surface area contributed by atoms with Gasteiger partial charge in [-0.3, -0.25) is 10.2 Å². The number of urea groups is 1. The quantitative estimate of drug-likeness (QED) is 0.514. The summed E-state index contributed by atoms with van der Waals surface area (Å²) in [6, 6.07) is 10.3. The van der Waals surface area contributed by atoms with Crippen LogP contribution in [0.15, 0.2) is 47.1 Å². The van der Waals surface area contributed by atoms with E-state index in [0.29, 0.717) is 29.7 Å². The Hall–Kier alpha value is -2.84. The predicted molar refractivity (Wildman–Crippen MR) is 103 cm³/mol. The van der Waals surface area contributed by atoms with Gasteiger partial charge in [0.15, 0.2) is 0 Å². The van der Waals surface area contributed by atoms with E-state index in [2.05, 4.69) is 33.7 Å². The fourth-order valence-electron chi connectivity index (χ4n) is 2.95. The first-order chi connectivity index (χ1) is 13.1. The number of carbonyl (C=O) groups excluding carboxylic acids is 2. The van der Waals surface area contributed by atoms with Crippen LogP contribution < -0.4 is 26.8 Å². The third kappa shape index (κ3) is 5.57. The average Bonchev–Trinajstić information content (AvgIpc) is 3.34. The van der Waals surface area contributed by atoms with Gasteiger partial charge in [-0.1, -0.05) is 13.3 Å². The first kappa shape index (κ1) is 18.9. The summed E-state index contributed by atoms with van der Waals surface area (Å²) >= 11 is 0. The first-order valence-electron chi connectivity index (χ1n) is 9.13. The molecule has 2 unspecified atom stereocenters. The molecule has 8 nitrogen and oxygen atoms in total. The van der Waals surface area contributed by atoms with E-state index in [1.807, 2.05) is 0 Å². The van der Waals surface area contributed by atoms with E-state index in [1.54, 1.807) is 42.7 Å². The Balaban J connectivity index is 1.44. The second-order valence-corrected chi connectivity index (χ2v) is 6.52. The smallest absolute Gasteiger partial charge is 0.319 e. The highest BCUT2D eigenvalue weighted by molar-refractivity contribution is 5.95. The molecule has 1 aliphatic heterocycles.